The minimum atomic E-state index is -0.409. The molecule has 0 bridgehead atoms. The van der Waals surface area contributed by atoms with Crippen molar-refractivity contribution in [2.75, 3.05) is 18.0 Å². The Hall–Kier alpha value is -2.11. The Morgan fingerprint density at radius 2 is 2.11 bits per heavy atom. The lowest BCUT2D eigenvalue weighted by molar-refractivity contribution is -0.384. The summed E-state index contributed by atoms with van der Waals surface area (Å²) in [6, 6.07) is 6.66. The number of hydrogen-bond acceptors (Lipinski definition) is 4. The van der Waals surface area contributed by atoms with Crippen molar-refractivity contribution in [1.82, 2.24) is 5.32 Å². The molecule has 6 heteroatoms. The van der Waals surface area contributed by atoms with Gasteiger partial charge in [0, 0.05) is 43.9 Å². The Kier molecular flexibility index (Phi) is 3.45. The van der Waals surface area contributed by atoms with Crippen LogP contribution < -0.4 is 10.2 Å². The number of hydrogen-bond donors (Lipinski definition) is 1. The van der Waals surface area contributed by atoms with Crippen molar-refractivity contribution in [2.24, 2.45) is 0 Å². The van der Waals surface area contributed by atoms with E-state index in [1.165, 1.54) is 19.1 Å². The highest BCUT2D eigenvalue weighted by atomic mass is 16.6. The molecule has 2 rings (SSSR count). The van der Waals surface area contributed by atoms with Crippen molar-refractivity contribution in [3.05, 3.63) is 34.4 Å². The number of nitrogens with zero attached hydrogens (tertiary/aromatic N) is 2. The zero-order valence-electron chi connectivity index (χ0n) is 10.1. The van der Waals surface area contributed by atoms with E-state index in [0.29, 0.717) is 0 Å². The van der Waals surface area contributed by atoms with Crippen LogP contribution in [0.15, 0.2) is 24.3 Å². The summed E-state index contributed by atoms with van der Waals surface area (Å²) < 4.78 is 0. The van der Waals surface area contributed by atoms with Gasteiger partial charge in [0.25, 0.3) is 5.69 Å². The first kappa shape index (κ1) is 12.3. The first-order valence-electron chi connectivity index (χ1n) is 5.83. The van der Waals surface area contributed by atoms with Gasteiger partial charge in [0.1, 0.15) is 0 Å². The standard InChI is InChI=1S/C12H15N3O3/c1-9(16)13-10-6-7-14(8-10)11-2-4-12(5-3-11)15(17)18/h2-5,10H,6-8H2,1H3,(H,13,16). The number of nitrogens with one attached hydrogen (secondary N) is 1. The third-order valence-electron chi connectivity index (χ3n) is 3.02. The van der Waals surface area contributed by atoms with Crippen LogP contribution in [-0.2, 0) is 4.79 Å². The Morgan fingerprint density at radius 3 is 2.67 bits per heavy atom. The molecule has 1 fully saturated rings. The third-order valence-corrected chi connectivity index (χ3v) is 3.02. The van der Waals surface area contributed by atoms with Gasteiger partial charge < -0.3 is 10.2 Å². The summed E-state index contributed by atoms with van der Waals surface area (Å²) in [5.41, 5.74) is 1.05. The Labute approximate surface area is 105 Å². The molecule has 1 aromatic rings. The summed E-state index contributed by atoms with van der Waals surface area (Å²) in [4.78, 5) is 23.2. The van der Waals surface area contributed by atoms with Gasteiger partial charge in [-0.15, -0.1) is 0 Å². The van der Waals surface area contributed by atoms with Gasteiger partial charge in [-0.2, -0.15) is 0 Å². The highest BCUT2D eigenvalue weighted by Crippen LogP contribution is 2.23. The average molecular weight is 249 g/mol. The highest BCUT2D eigenvalue weighted by molar-refractivity contribution is 5.73. The molecule has 6 nitrogen and oxygen atoms in total. The minimum absolute atomic E-state index is 0.0226. The van der Waals surface area contributed by atoms with Gasteiger partial charge in [-0.1, -0.05) is 0 Å². The SMILES string of the molecule is CC(=O)NC1CCN(c2ccc([N+](=O)[O-])cc2)C1. The number of rotatable bonds is 3. The fourth-order valence-electron chi connectivity index (χ4n) is 2.19. The van der Waals surface area contributed by atoms with E-state index in [0.717, 1.165) is 25.2 Å². The quantitative estimate of drug-likeness (QED) is 0.647. The second-order valence-electron chi connectivity index (χ2n) is 4.41. The Bertz CT molecular complexity index is 458. The second kappa shape index (κ2) is 5.03. The summed E-state index contributed by atoms with van der Waals surface area (Å²) in [5.74, 6) is -0.0226. The molecule has 0 saturated carbocycles. The van der Waals surface area contributed by atoms with Crippen LogP contribution in [0.2, 0.25) is 0 Å². The van der Waals surface area contributed by atoms with Crippen molar-refractivity contribution >= 4 is 17.3 Å². The molecule has 18 heavy (non-hydrogen) atoms. The number of amides is 1. The Balaban J connectivity index is 2.01. The number of non-ortho nitro benzene ring substituents is 1. The largest absolute Gasteiger partial charge is 0.369 e. The first-order valence-corrected chi connectivity index (χ1v) is 5.83. The first-order chi connectivity index (χ1) is 8.56. The Morgan fingerprint density at radius 1 is 1.44 bits per heavy atom. The van der Waals surface area contributed by atoms with Gasteiger partial charge >= 0.3 is 0 Å². The maximum absolute atomic E-state index is 11.0. The molecule has 1 saturated heterocycles. The van der Waals surface area contributed by atoms with Gasteiger partial charge in [-0.05, 0) is 18.6 Å². The van der Waals surface area contributed by atoms with Crippen LogP contribution in [0.1, 0.15) is 13.3 Å². The lowest BCUT2D eigenvalue weighted by Gasteiger charge is -2.18. The molecule has 1 N–H and O–H groups in total. The smallest absolute Gasteiger partial charge is 0.269 e. The van der Waals surface area contributed by atoms with Crippen LogP contribution in [0.4, 0.5) is 11.4 Å². The van der Waals surface area contributed by atoms with E-state index in [-0.39, 0.29) is 17.6 Å². The molecule has 1 heterocycles. The lowest BCUT2D eigenvalue weighted by atomic mass is 10.2. The van der Waals surface area contributed by atoms with Crippen molar-refractivity contribution in [3.8, 4) is 0 Å². The van der Waals surface area contributed by atoms with E-state index in [2.05, 4.69) is 10.2 Å². The van der Waals surface area contributed by atoms with Gasteiger partial charge in [0.2, 0.25) is 5.91 Å². The molecule has 1 atom stereocenters. The van der Waals surface area contributed by atoms with E-state index in [1.54, 1.807) is 12.1 Å². The minimum Gasteiger partial charge on any atom is -0.369 e. The fraction of sp³-hybridized carbons (Fsp3) is 0.417. The number of carbonyl (C=O) groups is 1. The molecule has 1 aliphatic heterocycles. The zero-order chi connectivity index (χ0) is 13.1. The number of benzene rings is 1. The molecule has 0 radical (unpaired) electrons. The number of carbonyl (C=O) groups excluding carboxylic acids is 1. The van der Waals surface area contributed by atoms with Crippen LogP contribution in [0.25, 0.3) is 0 Å². The molecular formula is C12H15N3O3. The average Bonchev–Trinajstić information content (AvgIpc) is 2.76. The zero-order valence-corrected chi connectivity index (χ0v) is 10.1. The highest BCUT2D eigenvalue weighted by Gasteiger charge is 2.23. The maximum atomic E-state index is 11.0. The summed E-state index contributed by atoms with van der Waals surface area (Å²) in [6.07, 6.45) is 0.899. The van der Waals surface area contributed by atoms with Gasteiger partial charge in [0.05, 0.1) is 4.92 Å². The van der Waals surface area contributed by atoms with Crippen LogP contribution in [0.5, 0.6) is 0 Å². The van der Waals surface area contributed by atoms with E-state index >= 15 is 0 Å². The molecule has 1 aliphatic rings. The molecular weight excluding hydrogens is 234 g/mol. The molecule has 1 amide bonds. The summed E-state index contributed by atoms with van der Waals surface area (Å²) in [5, 5.41) is 13.4. The van der Waals surface area contributed by atoms with Crippen LogP contribution in [0.3, 0.4) is 0 Å². The van der Waals surface area contributed by atoms with E-state index in [9.17, 15) is 14.9 Å². The normalized spacial score (nSPS) is 18.7. The summed E-state index contributed by atoms with van der Waals surface area (Å²) >= 11 is 0. The fourth-order valence-corrected chi connectivity index (χ4v) is 2.19. The topological polar surface area (TPSA) is 75.5 Å². The second-order valence-corrected chi connectivity index (χ2v) is 4.41. The van der Waals surface area contributed by atoms with Crippen molar-refractivity contribution in [2.45, 2.75) is 19.4 Å². The third kappa shape index (κ3) is 2.77. The van der Waals surface area contributed by atoms with Crippen molar-refractivity contribution in [1.29, 1.82) is 0 Å². The summed E-state index contributed by atoms with van der Waals surface area (Å²) in [6.45, 7) is 3.11. The van der Waals surface area contributed by atoms with Crippen molar-refractivity contribution in [3.63, 3.8) is 0 Å². The monoisotopic (exact) mass is 249 g/mol. The molecule has 1 unspecified atom stereocenters. The molecule has 1 aromatic carbocycles. The van der Waals surface area contributed by atoms with Crippen LogP contribution in [-0.4, -0.2) is 30.0 Å². The van der Waals surface area contributed by atoms with Crippen molar-refractivity contribution < 1.29 is 9.72 Å². The number of nitro groups is 1. The molecule has 96 valence electrons. The predicted molar refractivity (Wildman–Crippen MR) is 67.5 cm³/mol. The van der Waals surface area contributed by atoms with Crippen LogP contribution >= 0.6 is 0 Å². The molecule has 0 aromatic heterocycles. The lowest BCUT2D eigenvalue weighted by Crippen LogP contribution is -2.35. The van der Waals surface area contributed by atoms with E-state index in [1.807, 2.05) is 0 Å². The van der Waals surface area contributed by atoms with Crippen LogP contribution in [0, 0.1) is 10.1 Å². The van der Waals surface area contributed by atoms with E-state index < -0.39 is 4.92 Å². The molecule has 0 aliphatic carbocycles. The number of nitro benzene ring substituents is 1. The molecule has 0 spiro atoms. The number of anilines is 1. The van der Waals surface area contributed by atoms with Gasteiger partial charge in [-0.25, -0.2) is 0 Å². The van der Waals surface area contributed by atoms with Gasteiger partial charge in [0.15, 0.2) is 0 Å². The summed E-state index contributed by atoms with van der Waals surface area (Å²) in [7, 11) is 0. The van der Waals surface area contributed by atoms with E-state index in [4.69, 9.17) is 0 Å². The van der Waals surface area contributed by atoms with Gasteiger partial charge in [-0.3, -0.25) is 14.9 Å². The predicted octanol–water partition coefficient (Wildman–Crippen LogP) is 1.31. The maximum Gasteiger partial charge on any atom is 0.269 e.